The lowest BCUT2D eigenvalue weighted by Crippen LogP contribution is -2.28. The van der Waals surface area contributed by atoms with Gasteiger partial charge in [0.05, 0.1) is 23.9 Å². The van der Waals surface area contributed by atoms with Crippen molar-refractivity contribution in [2.45, 2.75) is 12.6 Å². The Bertz CT molecular complexity index is 203. The molecule has 5 heteroatoms. The van der Waals surface area contributed by atoms with Gasteiger partial charge in [0, 0.05) is 18.5 Å². The summed E-state index contributed by atoms with van der Waals surface area (Å²) in [6.07, 6.45) is -0.677. The minimum absolute atomic E-state index is 0.204. The number of thiazole rings is 1. The van der Waals surface area contributed by atoms with E-state index in [-0.39, 0.29) is 6.61 Å². The number of aromatic nitrogens is 1. The summed E-state index contributed by atoms with van der Waals surface area (Å²) in [4.78, 5) is 4.05. The van der Waals surface area contributed by atoms with Crippen LogP contribution in [0.5, 0.6) is 0 Å². The van der Waals surface area contributed by atoms with E-state index in [9.17, 15) is 0 Å². The number of aliphatic hydroxyl groups excluding tert-OH is 2. The highest BCUT2D eigenvalue weighted by atomic mass is 32.1. The van der Waals surface area contributed by atoms with Gasteiger partial charge in [-0.05, 0) is 0 Å². The second-order valence-electron chi connectivity index (χ2n) is 2.45. The number of hydrogen-bond acceptors (Lipinski definition) is 5. The predicted molar refractivity (Wildman–Crippen MR) is 46.9 cm³/mol. The van der Waals surface area contributed by atoms with E-state index >= 15 is 0 Å². The highest BCUT2D eigenvalue weighted by Crippen LogP contribution is 1.99. The van der Waals surface area contributed by atoms with Crippen LogP contribution >= 0.6 is 11.3 Å². The maximum Gasteiger partial charge on any atom is 0.0895 e. The molecule has 4 nitrogen and oxygen atoms in total. The van der Waals surface area contributed by atoms with Crippen LogP contribution in [0, 0.1) is 0 Å². The summed E-state index contributed by atoms with van der Waals surface area (Å²) in [6, 6.07) is 0. The molecule has 0 amide bonds. The molecule has 1 atom stereocenters. The van der Waals surface area contributed by atoms with Crippen molar-refractivity contribution in [2.75, 3.05) is 13.2 Å². The molecule has 1 aromatic heterocycles. The lowest BCUT2D eigenvalue weighted by molar-refractivity contribution is 0.0941. The quantitative estimate of drug-likeness (QED) is 0.587. The molecule has 1 rings (SSSR count). The Hall–Kier alpha value is -0.490. The maximum absolute atomic E-state index is 8.96. The van der Waals surface area contributed by atoms with Crippen molar-refractivity contribution in [1.82, 2.24) is 10.3 Å². The molecule has 12 heavy (non-hydrogen) atoms. The monoisotopic (exact) mass is 188 g/mol. The first kappa shape index (κ1) is 9.60. The summed E-state index contributed by atoms with van der Waals surface area (Å²) in [5.74, 6) is 0. The van der Waals surface area contributed by atoms with Gasteiger partial charge in [-0.15, -0.1) is 11.3 Å². The van der Waals surface area contributed by atoms with Gasteiger partial charge in [-0.1, -0.05) is 0 Å². The first-order valence-electron chi connectivity index (χ1n) is 3.69. The Morgan fingerprint density at radius 3 is 3.08 bits per heavy atom. The molecule has 1 aromatic rings. The number of hydrogen-bond donors (Lipinski definition) is 3. The van der Waals surface area contributed by atoms with Crippen molar-refractivity contribution in [3.63, 3.8) is 0 Å². The zero-order chi connectivity index (χ0) is 8.81. The lowest BCUT2D eigenvalue weighted by Gasteiger charge is -2.06. The van der Waals surface area contributed by atoms with Crippen molar-refractivity contribution in [2.24, 2.45) is 0 Å². The van der Waals surface area contributed by atoms with Crippen molar-refractivity contribution in [3.8, 4) is 0 Å². The first-order chi connectivity index (χ1) is 5.83. The number of aliphatic hydroxyl groups is 2. The summed E-state index contributed by atoms with van der Waals surface area (Å²) < 4.78 is 0. The number of rotatable bonds is 5. The van der Waals surface area contributed by atoms with Crippen LogP contribution in [0.2, 0.25) is 0 Å². The van der Waals surface area contributed by atoms with E-state index in [0.29, 0.717) is 13.1 Å². The molecule has 0 aliphatic rings. The SMILES string of the molecule is OCC(O)CNCc1cscn1. The fraction of sp³-hybridized carbons (Fsp3) is 0.571. The van der Waals surface area contributed by atoms with E-state index in [4.69, 9.17) is 10.2 Å². The third kappa shape index (κ3) is 3.27. The van der Waals surface area contributed by atoms with Gasteiger partial charge in [-0.3, -0.25) is 0 Å². The fourth-order valence-electron chi connectivity index (χ4n) is 0.756. The van der Waals surface area contributed by atoms with Crippen molar-refractivity contribution < 1.29 is 10.2 Å². The first-order valence-corrected chi connectivity index (χ1v) is 4.64. The molecule has 0 aromatic carbocycles. The van der Waals surface area contributed by atoms with Crippen LogP contribution in [0.4, 0.5) is 0 Å². The highest BCUT2D eigenvalue weighted by Gasteiger charge is 2.00. The van der Waals surface area contributed by atoms with Gasteiger partial charge in [-0.25, -0.2) is 4.98 Å². The van der Waals surface area contributed by atoms with E-state index in [1.807, 2.05) is 5.38 Å². The van der Waals surface area contributed by atoms with Gasteiger partial charge in [-0.2, -0.15) is 0 Å². The topological polar surface area (TPSA) is 65.4 Å². The van der Waals surface area contributed by atoms with Crippen LogP contribution < -0.4 is 5.32 Å². The summed E-state index contributed by atoms with van der Waals surface area (Å²) in [6.45, 7) is 0.832. The molecule has 0 saturated heterocycles. The molecule has 0 bridgehead atoms. The van der Waals surface area contributed by atoms with Gasteiger partial charge in [0.25, 0.3) is 0 Å². The average molecular weight is 188 g/mol. The van der Waals surface area contributed by atoms with Gasteiger partial charge in [0.2, 0.25) is 0 Å². The molecule has 1 heterocycles. The summed E-state index contributed by atoms with van der Waals surface area (Å²) in [5, 5.41) is 22.4. The smallest absolute Gasteiger partial charge is 0.0895 e. The summed E-state index contributed by atoms with van der Waals surface area (Å²) >= 11 is 1.54. The largest absolute Gasteiger partial charge is 0.394 e. The molecule has 3 N–H and O–H groups in total. The zero-order valence-corrected chi connectivity index (χ0v) is 7.42. The average Bonchev–Trinajstić information content (AvgIpc) is 2.57. The van der Waals surface area contributed by atoms with Crippen LogP contribution in [0.3, 0.4) is 0 Å². The summed E-state index contributed by atoms with van der Waals surface area (Å²) in [5.41, 5.74) is 2.73. The molecule has 0 aliphatic heterocycles. The molecule has 0 spiro atoms. The number of nitrogens with zero attached hydrogens (tertiary/aromatic N) is 1. The second-order valence-corrected chi connectivity index (χ2v) is 3.17. The van der Waals surface area contributed by atoms with Crippen molar-refractivity contribution >= 4 is 11.3 Å². The Kier molecular flexibility index (Phi) is 4.16. The number of nitrogens with one attached hydrogen (secondary N) is 1. The molecule has 68 valence electrons. The van der Waals surface area contributed by atoms with Crippen LogP contribution in [0.15, 0.2) is 10.9 Å². The van der Waals surface area contributed by atoms with E-state index in [1.54, 1.807) is 16.8 Å². The van der Waals surface area contributed by atoms with Crippen molar-refractivity contribution in [3.05, 3.63) is 16.6 Å². The van der Waals surface area contributed by atoms with E-state index < -0.39 is 6.10 Å². The van der Waals surface area contributed by atoms with Gasteiger partial charge in [0.1, 0.15) is 0 Å². The molecular formula is C7H12N2O2S. The molecule has 0 radical (unpaired) electrons. The molecule has 0 fully saturated rings. The second kappa shape index (κ2) is 5.21. The molecular weight excluding hydrogens is 176 g/mol. The van der Waals surface area contributed by atoms with Crippen molar-refractivity contribution in [1.29, 1.82) is 0 Å². The Morgan fingerprint density at radius 2 is 2.50 bits per heavy atom. The van der Waals surface area contributed by atoms with E-state index in [1.165, 1.54) is 0 Å². The van der Waals surface area contributed by atoms with E-state index in [2.05, 4.69) is 10.3 Å². The Labute approximate surface area is 74.9 Å². The van der Waals surface area contributed by atoms with Gasteiger partial charge in [0.15, 0.2) is 0 Å². The Morgan fingerprint density at radius 1 is 1.67 bits per heavy atom. The van der Waals surface area contributed by atoms with E-state index in [0.717, 1.165) is 5.69 Å². The minimum Gasteiger partial charge on any atom is -0.394 e. The zero-order valence-electron chi connectivity index (χ0n) is 6.60. The lowest BCUT2D eigenvalue weighted by atomic mass is 10.3. The van der Waals surface area contributed by atoms with Crippen LogP contribution in [-0.4, -0.2) is 34.5 Å². The third-order valence-corrected chi connectivity index (χ3v) is 2.02. The van der Waals surface area contributed by atoms with Gasteiger partial charge < -0.3 is 15.5 Å². The van der Waals surface area contributed by atoms with Gasteiger partial charge >= 0.3 is 0 Å². The summed E-state index contributed by atoms with van der Waals surface area (Å²) in [7, 11) is 0. The fourth-order valence-corrected chi connectivity index (χ4v) is 1.31. The molecule has 1 unspecified atom stereocenters. The minimum atomic E-state index is -0.677. The molecule has 0 saturated carbocycles. The maximum atomic E-state index is 8.96. The predicted octanol–water partition coefficient (Wildman–Crippen LogP) is -0.414. The Balaban J connectivity index is 2.11. The van der Waals surface area contributed by atoms with Crippen LogP contribution in [0.1, 0.15) is 5.69 Å². The highest BCUT2D eigenvalue weighted by molar-refractivity contribution is 7.07. The normalized spacial score (nSPS) is 13.2. The van der Waals surface area contributed by atoms with Crippen LogP contribution in [-0.2, 0) is 6.54 Å². The molecule has 0 aliphatic carbocycles. The standard InChI is InChI=1S/C7H12N2O2S/c10-3-7(11)2-8-1-6-4-12-5-9-6/h4-5,7-8,10-11H,1-3H2. The van der Waals surface area contributed by atoms with Crippen LogP contribution in [0.25, 0.3) is 0 Å². The third-order valence-electron chi connectivity index (χ3n) is 1.38.